The molecule has 7 nitrogen and oxygen atoms in total. The summed E-state index contributed by atoms with van der Waals surface area (Å²) >= 11 is 0. The largest absolute Gasteiger partial charge is 0.479 e. The topological polar surface area (TPSA) is 91.5 Å². The zero-order valence-corrected chi connectivity index (χ0v) is 14.7. The molecule has 1 aliphatic heterocycles. The number of ether oxygens (including phenoxy) is 1. The van der Waals surface area contributed by atoms with E-state index in [9.17, 15) is 27.6 Å². The molecule has 0 fully saturated rings. The van der Waals surface area contributed by atoms with E-state index >= 15 is 0 Å². The number of anilines is 2. The number of amides is 2. The van der Waals surface area contributed by atoms with Crippen molar-refractivity contribution >= 4 is 23.2 Å². The Morgan fingerprint density at radius 1 is 1.29 bits per heavy atom. The Morgan fingerprint density at radius 2 is 2.00 bits per heavy atom. The molecule has 148 valence electrons. The van der Waals surface area contributed by atoms with Crippen LogP contribution in [0.25, 0.3) is 0 Å². The number of alkyl halides is 3. The molecule has 0 saturated heterocycles. The van der Waals surface area contributed by atoms with Crippen LogP contribution in [-0.2, 0) is 15.8 Å². The monoisotopic (exact) mass is 395 g/mol. The second-order valence-corrected chi connectivity index (χ2v) is 6.14. The fourth-order valence-corrected chi connectivity index (χ4v) is 2.76. The van der Waals surface area contributed by atoms with E-state index in [-0.39, 0.29) is 18.9 Å². The maximum Gasteiger partial charge on any atom is 0.417 e. The molecule has 0 spiro atoms. The first kappa shape index (κ1) is 19.5. The molecule has 1 aliphatic rings. The van der Waals surface area contributed by atoms with Crippen LogP contribution in [0.15, 0.2) is 41.3 Å². The van der Waals surface area contributed by atoms with Crippen LogP contribution >= 0.6 is 0 Å². The minimum atomic E-state index is -4.66. The van der Waals surface area contributed by atoms with Crippen molar-refractivity contribution in [2.24, 2.45) is 0 Å². The van der Waals surface area contributed by atoms with E-state index in [0.717, 1.165) is 0 Å². The molecule has 0 bridgehead atoms. The van der Waals surface area contributed by atoms with Gasteiger partial charge >= 0.3 is 6.18 Å². The van der Waals surface area contributed by atoms with Crippen LogP contribution in [0.4, 0.5) is 24.5 Å². The fraction of sp³-hybridized carbons (Fsp3) is 0.278. The van der Waals surface area contributed by atoms with Crippen molar-refractivity contribution in [3.63, 3.8) is 0 Å². The highest BCUT2D eigenvalue weighted by atomic mass is 19.4. The summed E-state index contributed by atoms with van der Waals surface area (Å²) in [4.78, 5) is 39.5. The SMILES string of the molecule is CC1Oc2ccccc2N(CCC(=O)Nc2cc(C(F)(F)F)c[nH]c2=O)C1=O. The van der Waals surface area contributed by atoms with Crippen molar-refractivity contribution in [1.82, 2.24) is 4.98 Å². The van der Waals surface area contributed by atoms with Crippen molar-refractivity contribution in [2.75, 3.05) is 16.8 Å². The Hall–Kier alpha value is -3.30. The standard InChI is InChI=1S/C18H16F3N3O4/c1-10-17(27)24(13-4-2-3-5-14(13)28-10)7-6-15(25)23-12-8-11(18(19,20)21)9-22-16(12)26/h2-5,8-10H,6-7H2,1H3,(H,22,26)(H,23,25). The number of para-hydroxylation sites is 2. The van der Waals surface area contributed by atoms with Crippen LogP contribution in [0, 0.1) is 0 Å². The van der Waals surface area contributed by atoms with Crippen molar-refractivity contribution in [1.29, 1.82) is 0 Å². The minimum absolute atomic E-state index is 0.0216. The Balaban J connectivity index is 1.72. The number of fused-ring (bicyclic) bond motifs is 1. The molecule has 2 aromatic rings. The molecule has 0 radical (unpaired) electrons. The second-order valence-electron chi connectivity index (χ2n) is 6.14. The van der Waals surface area contributed by atoms with Gasteiger partial charge in [-0.15, -0.1) is 0 Å². The summed E-state index contributed by atoms with van der Waals surface area (Å²) in [5, 5.41) is 2.16. The van der Waals surface area contributed by atoms with Gasteiger partial charge in [-0.3, -0.25) is 14.4 Å². The van der Waals surface area contributed by atoms with E-state index < -0.39 is 35.0 Å². The van der Waals surface area contributed by atoms with Gasteiger partial charge in [-0.2, -0.15) is 13.2 Å². The maximum atomic E-state index is 12.8. The van der Waals surface area contributed by atoms with Crippen molar-refractivity contribution in [2.45, 2.75) is 25.6 Å². The van der Waals surface area contributed by atoms with Gasteiger partial charge < -0.3 is 19.9 Å². The first-order valence-corrected chi connectivity index (χ1v) is 8.33. The van der Waals surface area contributed by atoms with E-state index in [1.807, 2.05) is 4.98 Å². The van der Waals surface area contributed by atoms with Crippen LogP contribution in [-0.4, -0.2) is 29.4 Å². The molecule has 2 N–H and O–H groups in total. The number of rotatable bonds is 4. The van der Waals surface area contributed by atoms with E-state index in [1.165, 1.54) is 4.90 Å². The van der Waals surface area contributed by atoms with Gasteiger partial charge in [0.05, 0.1) is 11.3 Å². The van der Waals surface area contributed by atoms with Gasteiger partial charge in [-0.1, -0.05) is 12.1 Å². The highest BCUT2D eigenvalue weighted by molar-refractivity contribution is 6.00. The first-order chi connectivity index (χ1) is 13.2. The third-order valence-corrected chi connectivity index (χ3v) is 4.14. The smallest absolute Gasteiger partial charge is 0.417 e. The van der Waals surface area contributed by atoms with Gasteiger partial charge in [0.15, 0.2) is 6.10 Å². The molecule has 3 rings (SSSR count). The zero-order chi connectivity index (χ0) is 20.5. The summed E-state index contributed by atoms with van der Waals surface area (Å²) in [6, 6.07) is 7.36. The molecule has 1 aromatic heterocycles. The number of hydrogen-bond donors (Lipinski definition) is 2. The van der Waals surface area contributed by atoms with Gasteiger partial charge in [0.25, 0.3) is 11.5 Å². The molecule has 0 saturated carbocycles. The van der Waals surface area contributed by atoms with E-state index in [1.54, 1.807) is 31.2 Å². The number of carbonyl (C=O) groups is 2. The number of aromatic nitrogens is 1. The summed E-state index contributed by atoms with van der Waals surface area (Å²) in [6.07, 6.45) is -5.08. The highest BCUT2D eigenvalue weighted by Gasteiger charge is 2.32. The van der Waals surface area contributed by atoms with E-state index in [0.29, 0.717) is 23.7 Å². The molecular weight excluding hydrogens is 379 g/mol. The van der Waals surface area contributed by atoms with E-state index in [2.05, 4.69) is 5.32 Å². The lowest BCUT2D eigenvalue weighted by Crippen LogP contribution is -2.45. The predicted molar refractivity (Wildman–Crippen MR) is 94.2 cm³/mol. The Bertz CT molecular complexity index is 971. The minimum Gasteiger partial charge on any atom is -0.479 e. The lowest BCUT2D eigenvalue weighted by atomic mass is 10.1. The Morgan fingerprint density at radius 3 is 2.71 bits per heavy atom. The third-order valence-electron chi connectivity index (χ3n) is 4.14. The molecule has 28 heavy (non-hydrogen) atoms. The van der Waals surface area contributed by atoms with Gasteiger partial charge in [0.1, 0.15) is 11.4 Å². The number of aromatic amines is 1. The number of pyridine rings is 1. The van der Waals surface area contributed by atoms with Crippen LogP contribution < -0.4 is 20.5 Å². The third kappa shape index (κ3) is 4.00. The van der Waals surface area contributed by atoms with Crippen molar-refractivity contribution < 1.29 is 27.5 Å². The Labute approximate surface area is 157 Å². The summed E-state index contributed by atoms with van der Waals surface area (Å²) in [5.41, 5.74) is -1.96. The number of carbonyl (C=O) groups excluding carboxylic acids is 2. The Kier molecular flexibility index (Phi) is 5.12. The van der Waals surface area contributed by atoms with Gasteiger partial charge in [0, 0.05) is 19.2 Å². The average Bonchev–Trinajstić information content (AvgIpc) is 2.63. The zero-order valence-electron chi connectivity index (χ0n) is 14.7. The molecule has 1 atom stereocenters. The second kappa shape index (κ2) is 7.37. The summed E-state index contributed by atoms with van der Waals surface area (Å²) in [5.74, 6) is -0.554. The quantitative estimate of drug-likeness (QED) is 0.832. The van der Waals surface area contributed by atoms with Gasteiger partial charge in [0.2, 0.25) is 5.91 Å². The molecule has 1 aromatic carbocycles. The molecule has 10 heteroatoms. The first-order valence-electron chi connectivity index (χ1n) is 8.33. The number of hydrogen-bond acceptors (Lipinski definition) is 4. The predicted octanol–water partition coefficient (Wildman–Crippen LogP) is 2.54. The average molecular weight is 395 g/mol. The fourth-order valence-electron chi connectivity index (χ4n) is 2.76. The summed E-state index contributed by atoms with van der Waals surface area (Å²) in [6.45, 7) is 1.56. The number of benzene rings is 1. The number of nitrogens with zero attached hydrogens (tertiary/aromatic N) is 1. The maximum absolute atomic E-state index is 12.8. The van der Waals surface area contributed by atoms with Crippen LogP contribution in [0.5, 0.6) is 5.75 Å². The van der Waals surface area contributed by atoms with Crippen molar-refractivity contribution in [3.8, 4) is 5.75 Å². The van der Waals surface area contributed by atoms with Crippen LogP contribution in [0.3, 0.4) is 0 Å². The number of H-pyrrole nitrogens is 1. The summed E-state index contributed by atoms with van der Waals surface area (Å²) in [7, 11) is 0. The number of halogens is 3. The molecule has 2 amide bonds. The van der Waals surface area contributed by atoms with Crippen LogP contribution in [0.2, 0.25) is 0 Å². The molecule has 2 heterocycles. The molecular formula is C18H16F3N3O4. The van der Waals surface area contributed by atoms with Gasteiger partial charge in [-0.25, -0.2) is 0 Å². The highest BCUT2D eigenvalue weighted by Crippen LogP contribution is 2.33. The van der Waals surface area contributed by atoms with Crippen molar-refractivity contribution in [3.05, 3.63) is 52.4 Å². The lowest BCUT2D eigenvalue weighted by molar-refractivity contribution is -0.137. The van der Waals surface area contributed by atoms with Gasteiger partial charge in [-0.05, 0) is 25.1 Å². The molecule has 0 aliphatic carbocycles. The summed E-state index contributed by atoms with van der Waals surface area (Å²) < 4.78 is 43.8. The molecule has 1 unspecified atom stereocenters. The normalized spacial score (nSPS) is 16.4. The lowest BCUT2D eigenvalue weighted by Gasteiger charge is -2.32. The van der Waals surface area contributed by atoms with E-state index in [4.69, 9.17) is 4.74 Å². The number of nitrogens with one attached hydrogen (secondary N) is 2. The van der Waals surface area contributed by atoms with Crippen LogP contribution in [0.1, 0.15) is 18.9 Å².